The van der Waals surface area contributed by atoms with Crippen molar-refractivity contribution in [1.82, 2.24) is 0 Å². The van der Waals surface area contributed by atoms with Gasteiger partial charge in [0, 0.05) is 0 Å². The van der Waals surface area contributed by atoms with Gasteiger partial charge in [-0.2, -0.15) is 0 Å². The maximum absolute atomic E-state index is 5.49. The summed E-state index contributed by atoms with van der Waals surface area (Å²) in [6.45, 7) is 6.58. The van der Waals surface area contributed by atoms with E-state index in [0.717, 1.165) is 11.3 Å². The number of rotatable bonds is 5. The Morgan fingerprint density at radius 3 is 1.96 bits per heavy atom. The Labute approximate surface area is 137 Å². The van der Waals surface area contributed by atoms with Crippen LogP contribution in [-0.4, -0.2) is 6.61 Å². The molecule has 0 spiro atoms. The third-order valence-corrected chi connectivity index (χ3v) is 3.88. The molecule has 3 aromatic rings. The van der Waals surface area contributed by atoms with Crippen LogP contribution in [0.5, 0.6) is 5.75 Å². The van der Waals surface area contributed by atoms with Crippen molar-refractivity contribution < 1.29 is 4.74 Å². The first-order valence-electron chi connectivity index (χ1n) is 7.87. The average molecular weight is 300 g/mol. The van der Waals surface area contributed by atoms with Crippen LogP contribution in [0, 0.1) is 0 Å². The Hall–Kier alpha value is -2.80. The lowest BCUT2D eigenvalue weighted by Crippen LogP contribution is -1.90. The van der Waals surface area contributed by atoms with Gasteiger partial charge >= 0.3 is 0 Å². The summed E-state index contributed by atoms with van der Waals surface area (Å²) in [7, 11) is 0. The molecule has 0 aliphatic heterocycles. The van der Waals surface area contributed by atoms with E-state index in [4.69, 9.17) is 4.74 Å². The van der Waals surface area contributed by atoms with Crippen molar-refractivity contribution in [1.29, 1.82) is 0 Å². The Kier molecular flexibility index (Phi) is 4.58. The van der Waals surface area contributed by atoms with Crippen molar-refractivity contribution in [3.63, 3.8) is 0 Å². The van der Waals surface area contributed by atoms with Gasteiger partial charge in [0.2, 0.25) is 0 Å². The second-order valence-electron chi connectivity index (χ2n) is 5.33. The molecule has 0 aliphatic carbocycles. The van der Waals surface area contributed by atoms with E-state index in [0.29, 0.717) is 6.61 Å². The second-order valence-corrected chi connectivity index (χ2v) is 5.33. The molecular formula is C22H20O. The molecule has 0 atom stereocenters. The van der Waals surface area contributed by atoms with Gasteiger partial charge < -0.3 is 4.74 Å². The quantitative estimate of drug-likeness (QED) is 0.556. The molecule has 0 N–H and O–H groups in total. The SMILES string of the molecule is C=Cc1ccccc1-c1ccc(-c2ccc(OCC)cc2)cc1. The number of ether oxygens (including phenoxy) is 1. The summed E-state index contributed by atoms with van der Waals surface area (Å²) in [6.07, 6.45) is 1.90. The zero-order valence-electron chi connectivity index (χ0n) is 13.3. The smallest absolute Gasteiger partial charge is 0.119 e. The van der Waals surface area contributed by atoms with Gasteiger partial charge in [-0.1, -0.05) is 73.3 Å². The number of benzene rings is 3. The Morgan fingerprint density at radius 1 is 0.783 bits per heavy atom. The summed E-state index contributed by atoms with van der Waals surface area (Å²) >= 11 is 0. The van der Waals surface area contributed by atoms with Gasteiger partial charge in [0.15, 0.2) is 0 Å². The molecule has 0 aliphatic rings. The first-order chi connectivity index (χ1) is 11.3. The highest BCUT2D eigenvalue weighted by Crippen LogP contribution is 2.28. The summed E-state index contributed by atoms with van der Waals surface area (Å²) in [4.78, 5) is 0. The molecule has 0 fully saturated rings. The summed E-state index contributed by atoms with van der Waals surface area (Å²) < 4.78 is 5.49. The molecule has 3 aromatic carbocycles. The van der Waals surface area contributed by atoms with Crippen LogP contribution in [0.1, 0.15) is 12.5 Å². The molecule has 3 rings (SSSR count). The minimum atomic E-state index is 0.691. The molecule has 0 saturated heterocycles. The van der Waals surface area contributed by atoms with Crippen LogP contribution in [0.2, 0.25) is 0 Å². The summed E-state index contributed by atoms with van der Waals surface area (Å²) in [5, 5.41) is 0. The standard InChI is InChI=1S/C22H20O/c1-3-17-7-5-6-8-22(17)20-11-9-18(10-12-20)19-13-15-21(16-14-19)23-4-2/h3,5-16H,1,4H2,2H3. The fraction of sp³-hybridized carbons (Fsp3) is 0.0909. The molecular weight excluding hydrogens is 280 g/mol. The number of hydrogen-bond acceptors (Lipinski definition) is 1. The molecule has 0 unspecified atom stereocenters. The minimum absolute atomic E-state index is 0.691. The molecule has 0 bridgehead atoms. The van der Waals surface area contributed by atoms with E-state index >= 15 is 0 Å². The van der Waals surface area contributed by atoms with Crippen LogP contribution in [0.25, 0.3) is 28.3 Å². The van der Waals surface area contributed by atoms with E-state index < -0.39 is 0 Å². The van der Waals surface area contributed by atoms with E-state index in [9.17, 15) is 0 Å². The van der Waals surface area contributed by atoms with E-state index in [2.05, 4.69) is 61.2 Å². The maximum Gasteiger partial charge on any atom is 0.119 e. The molecule has 0 saturated carbocycles. The van der Waals surface area contributed by atoms with Gasteiger partial charge in [-0.3, -0.25) is 0 Å². The highest BCUT2D eigenvalue weighted by Gasteiger charge is 2.03. The maximum atomic E-state index is 5.49. The van der Waals surface area contributed by atoms with Crippen LogP contribution < -0.4 is 4.74 Å². The van der Waals surface area contributed by atoms with Crippen molar-refractivity contribution in [2.75, 3.05) is 6.61 Å². The molecule has 1 heteroatoms. The van der Waals surface area contributed by atoms with Crippen LogP contribution in [-0.2, 0) is 0 Å². The predicted octanol–water partition coefficient (Wildman–Crippen LogP) is 6.06. The minimum Gasteiger partial charge on any atom is -0.494 e. The summed E-state index contributed by atoms with van der Waals surface area (Å²) in [5.74, 6) is 0.910. The van der Waals surface area contributed by atoms with Crippen LogP contribution in [0.4, 0.5) is 0 Å². The van der Waals surface area contributed by atoms with Gasteiger partial charge in [0.05, 0.1) is 6.61 Å². The predicted molar refractivity (Wildman–Crippen MR) is 98.6 cm³/mol. The van der Waals surface area contributed by atoms with Crippen molar-refractivity contribution in [3.05, 3.63) is 84.9 Å². The monoisotopic (exact) mass is 300 g/mol. The van der Waals surface area contributed by atoms with Gasteiger partial charge in [-0.25, -0.2) is 0 Å². The third kappa shape index (κ3) is 3.35. The Bertz CT molecular complexity index is 783. The average Bonchev–Trinajstić information content (AvgIpc) is 2.63. The van der Waals surface area contributed by atoms with Crippen molar-refractivity contribution in [2.45, 2.75) is 6.92 Å². The van der Waals surface area contributed by atoms with E-state index in [1.807, 2.05) is 31.2 Å². The zero-order valence-corrected chi connectivity index (χ0v) is 13.3. The van der Waals surface area contributed by atoms with Crippen LogP contribution >= 0.6 is 0 Å². The highest BCUT2D eigenvalue weighted by atomic mass is 16.5. The van der Waals surface area contributed by atoms with Crippen molar-refractivity contribution >= 4 is 6.08 Å². The first kappa shape index (κ1) is 15.1. The fourth-order valence-electron chi connectivity index (χ4n) is 2.69. The Morgan fingerprint density at radius 2 is 1.35 bits per heavy atom. The van der Waals surface area contributed by atoms with Gasteiger partial charge in [-0.05, 0) is 46.9 Å². The molecule has 1 nitrogen and oxygen atoms in total. The topological polar surface area (TPSA) is 9.23 Å². The van der Waals surface area contributed by atoms with Gasteiger partial charge in [0.1, 0.15) is 5.75 Å². The molecule has 0 radical (unpaired) electrons. The van der Waals surface area contributed by atoms with Crippen molar-refractivity contribution in [3.8, 4) is 28.0 Å². The van der Waals surface area contributed by atoms with E-state index in [1.54, 1.807) is 0 Å². The molecule has 0 amide bonds. The second kappa shape index (κ2) is 6.97. The van der Waals surface area contributed by atoms with E-state index in [1.165, 1.54) is 22.3 Å². The van der Waals surface area contributed by atoms with Gasteiger partial charge in [-0.15, -0.1) is 0 Å². The molecule has 0 heterocycles. The van der Waals surface area contributed by atoms with E-state index in [-0.39, 0.29) is 0 Å². The first-order valence-corrected chi connectivity index (χ1v) is 7.87. The normalized spacial score (nSPS) is 10.3. The fourth-order valence-corrected chi connectivity index (χ4v) is 2.69. The zero-order chi connectivity index (χ0) is 16.1. The lowest BCUT2D eigenvalue weighted by Gasteiger charge is -2.08. The van der Waals surface area contributed by atoms with Crippen LogP contribution in [0.15, 0.2) is 79.4 Å². The summed E-state index contributed by atoms with van der Waals surface area (Å²) in [5.41, 5.74) is 5.96. The largest absolute Gasteiger partial charge is 0.494 e. The third-order valence-electron chi connectivity index (χ3n) is 3.88. The lowest BCUT2D eigenvalue weighted by molar-refractivity contribution is 0.340. The van der Waals surface area contributed by atoms with Crippen LogP contribution in [0.3, 0.4) is 0 Å². The lowest BCUT2D eigenvalue weighted by atomic mass is 9.97. The summed E-state index contributed by atoms with van der Waals surface area (Å²) in [6, 6.07) is 25.2. The number of hydrogen-bond donors (Lipinski definition) is 0. The van der Waals surface area contributed by atoms with Gasteiger partial charge in [0.25, 0.3) is 0 Å². The molecule has 0 aromatic heterocycles. The Balaban J connectivity index is 1.88. The molecule has 23 heavy (non-hydrogen) atoms. The van der Waals surface area contributed by atoms with Crippen molar-refractivity contribution in [2.24, 2.45) is 0 Å². The molecule has 114 valence electrons. The highest BCUT2D eigenvalue weighted by molar-refractivity contribution is 5.77.